The molecular formula is C24H38N2O2. The maximum Gasteiger partial charge on any atom is 0.122 e. The molecule has 2 unspecified atom stereocenters. The predicted molar refractivity (Wildman–Crippen MR) is 114 cm³/mol. The fourth-order valence-corrected chi connectivity index (χ4v) is 5.68. The molecule has 4 heteroatoms. The Kier molecular flexibility index (Phi) is 6.59. The van der Waals surface area contributed by atoms with Crippen LogP contribution in [-0.4, -0.2) is 49.3 Å². The predicted octanol–water partition coefficient (Wildman–Crippen LogP) is 4.19. The fraction of sp³-hybridized carbons (Fsp3) is 0.750. The van der Waals surface area contributed by atoms with E-state index in [1.807, 2.05) is 20.0 Å². The van der Waals surface area contributed by atoms with Crippen molar-refractivity contribution in [2.24, 2.45) is 11.8 Å². The summed E-state index contributed by atoms with van der Waals surface area (Å²) < 4.78 is 6.58. The molecule has 2 aliphatic heterocycles. The first kappa shape index (κ1) is 20.2. The summed E-state index contributed by atoms with van der Waals surface area (Å²) in [6.45, 7) is 6.53. The number of hydrogen-bond acceptors (Lipinski definition) is 4. The van der Waals surface area contributed by atoms with Crippen LogP contribution in [0, 0.1) is 18.8 Å². The Morgan fingerprint density at radius 2 is 1.86 bits per heavy atom. The first-order valence-corrected chi connectivity index (χ1v) is 11.5. The second-order valence-corrected chi connectivity index (χ2v) is 9.37. The Morgan fingerprint density at radius 1 is 1.11 bits per heavy atom. The summed E-state index contributed by atoms with van der Waals surface area (Å²) in [6.07, 6.45) is 10.8. The second-order valence-electron chi connectivity index (χ2n) is 9.37. The van der Waals surface area contributed by atoms with Gasteiger partial charge in [0.05, 0.1) is 12.2 Å². The third-order valence-electron chi connectivity index (χ3n) is 7.40. The van der Waals surface area contributed by atoms with Gasteiger partial charge in [0, 0.05) is 25.1 Å². The molecule has 0 radical (unpaired) electrons. The molecule has 28 heavy (non-hydrogen) atoms. The molecule has 2 N–H and O–H groups in total. The van der Waals surface area contributed by atoms with E-state index in [0.29, 0.717) is 11.7 Å². The normalized spacial score (nSPS) is 27.6. The molecule has 0 bridgehead atoms. The number of phenolic OH excluding ortho intramolecular Hbond substituents is 1. The van der Waals surface area contributed by atoms with Crippen LogP contribution in [-0.2, 0) is 11.2 Å². The zero-order valence-corrected chi connectivity index (χ0v) is 17.8. The number of fused-ring (bicyclic) bond motifs is 1. The molecule has 1 aliphatic carbocycles. The van der Waals surface area contributed by atoms with Crippen molar-refractivity contribution in [1.29, 1.82) is 0 Å². The number of benzene rings is 1. The van der Waals surface area contributed by atoms with Gasteiger partial charge in [-0.1, -0.05) is 31.4 Å². The van der Waals surface area contributed by atoms with Gasteiger partial charge < -0.3 is 20.1 Å². The van der Waals surface area contributed by atoms with Gasteiger partial charge in [0.15, 0.2) is 0 Å². The van der Waals surface area contributed by atoms with Crippen LogP contribution in [0.25, 0.3) is 0 Å². The van der Waals surface area contributed by atoms with Crippen molar-refractivity contribution in [2.45, 2.75) is 70.5 Å². The molecule has 1 saturated carbocycles. The summed E-state index contributed by atoms with van der Waals surface area (Å²) >= 11 is 0. The van der Waals surface area contributed by atoms with Gasteiger partial charge in [-0.15, -0.1) is 0 Å². The molecule has 2 fully saturated rings. The molecule has 2 heterocycles. The van der Waals surface area contributed by atoms with Crippen molar-refractivity contribution in [3.63, 3.8) is 0 Å². The molecule has 0 aromatic heterocycles. The first-order valence-electron chi connectivity index (χ1n) is 11.5. The number of phenols is 1. The Bertz CT molecular complexity index is 648. The van der Waals surface area contributed by atoms with Crippen molar-refractivity contribution in [1.82, 2.24) is 10.2 Å². The summed E-state index contributed by atoms with van der Waals surface area (Å²) in [5.74, 6) is 2.03. The van der Waals surface area contributed by atoms with Gasteiger partial charge in [0.1, 0.15) is 5.75 Å². The first-order chi connectivity index (χ1) is 13.7. The topological polar surface area (TPSA) is 44.7 Å². The van der Waals surface area contributed by atoms with Gasteiger partial charge in [-0.2, -0.15) is 0 Å². The number of likely N-dealkylation sites (N-methyl/N-ethyl adjacent to an activating group) is 1. The third-order valence-corrected chi connectivity index (χ3v) is 7.40. The summed E-state index contributed by atoms with van der Waals surface area (Å²) in [6, 6.07) is 4.17. The summed E-state index contributed by atoms with van der Waals surface area (Å²) in [7, 11) is 1.98. The Labute approximate surface area is 170 Å². The van der Waals surface area contributed by atoms with Crippen LogP contribution >= 0.6 is 0 Å². The number of aryl methyl sites for hydroxylation is 1. The lowest BCUT2D eigenvalue weighted by atomic mass is 9.82. The highest BCUT2D eigenvalue weighted by atomic mass is 16.5. The lowest BCUT2D eigenvalue weighted by Crippen LogP contribution is -2.43. The molecule has 156 valence electrons. The summed E-state index contributed by atoms with van der Waals surface area (Å²) in [5.41, 5.74) is 3.27. The highest BCUT2D eigenvalue weighted by molar-refractivity contribution is 5.47. The van der Waals surface area contributed by atoms with Crippen molar-refractivity contribution in [3.05, 3.63) is 28.8 Å². The number of likely N-dealkylation sites (tertiary alicyclic amines) is 1. The number of piperidine rings is 1. The van der Waals surface area contributed by atoms with Gasteiger partial charge in [-0.3, -0.25) is 0 Å². The van der Waals surface area contributed by atoms with E-state index in [2.05, 4.69) is 16.3 Å². The minimum Gasteiger partial charge on any atom is -0.507 e. The van der Waals surface area contributed by atoms with Crippen LogP contribution in [0.15, 0.2) is 12.1 Å². The average Bonchev–Trinajstić information content (AvgIpc) is 2.72. The quantitative estimate of drug-likeness (QED) is 0.796. The highest BCUT2D eigenvalue weighted by Crippen LogP contribution is 2.40. The van der Waals surface area contributed by atoms with E-state index in [1.54, 1.807) is 0 Å². The zero-order chi connectivity index (χ0) is 19.5. The van der Waals surface area contributed by atoms with E-state index >= 15 is 0 Å². The number of aromatic hydroxyl groups is 1. The monoisotopic (exact) mass is 386 g/mol. The van der Waals surface area contributed by atoms with E-state index in [0.717, 1.165) is 30.0 Å². The molecule has 0 spiro atoms. The maximum atomic E-state index is 10.7. The van der Waals surface area contributed by atoms with Crippen molar-refractivity contribution < 1.29 is 9.84 Å². The van der Waals surface area contributed by atoms with Crippen LogP contribution in [0.1, 0.15) is 67.7 Å². The van der Waals surface area contributed by atoms with E-state index in [1.165, 1.54) is 70.1 Å². The van der Waals surface area contributed by atoms with E-state index in [4.69, 9.17) is 4.74 Å². The molecule has 1 aromatic carbocycles. The molecule has 2 atom stereocenters. The zero-order valence-electron chi connectivity index (χ0n) is 17.8. The molecule has 4 rings (SSSR count). The smallest absolute Gasteiger partial charge is 0.122 e. The standard InChI is InChI=1S/C24H38N2O2/c1-17-8-9-20-21(24(17)27)14-22(28-23(20)15-25-2)19-10-12-26(13-11-19)16-18-6-4-3-5-7-18/h8-9,18-19,22-23,25,27H,3-7,10-16H2,1-2H3. The Balaban J connectivity index is 1.39. The Hall–Kier alpha value is -1.10. The van der Waals surface area contributed by atoms with Crippen LogP contribution in [0.4, 0.5) is 0 Å². The summed E-state index contributed by atoms with van der Waals surface area (Å²) in [5, 5.41) is 14.0. The molecule has 0 amide bonds. The van der Waals surface area contributed by atoms with E-state index in [-0.39, 0.29) is 12.2 Å². The molecule has 3 aliphatic rings. The Morgan fingerprint density at radius 3 is 2.57 bits per heavy atom. The van der Waals surface area contributed by atoms with Gasteiger partial charge in [0.2, 0.25) is 0 Å². The number of rotatable bonds is 5. The number of nitrogens with zero attached hydrogens (tertiary/aromatic N) is 1. The van der Waals surface area contributed by atoms with Crippen LogP contribution in [0.3, 0.4) is 0 Å². The largest absolute Gasteiger partial charge is 0.507 e. The SMILES string of the molecule is CNCC1OC(C2CCN(CC3CCCCC3)CC2)Cc2c1ccc(C)c2O. The van der Waals surface area contributed by atoms with Gasteiger partial charge in [-0.05, 0) is 75.7 Å². The average molecular weight is 387 g/mol. The second kappa shape index (κ2) is 9.15. The van der Waals surface area contributed by atoms with Gasteiger partial charge >= 0.3 is 0 Å². The van der Waals surface area contributed by atoms with Crippen LogP contribution in [0.2, 0.25) is 0 Å². The maximum absolute atomic E-state index is 10.7. The van der Waals surface area contributed by atoms with Crippen molar-refractivity contribution in [2.75, 3.05) is 33.2 Å². The minimum atomic E-state index is 0.0468. The minimum absolute atomic E-state index is 0.0468. The lowest BCUT2D eigenvalue weighted by molar-refractivity contribution is -0.0677. The van der Waals surface area contributed by atoms with E-state index in [9.17, 15) is 5.11 Å². The summed E-state index contributed by atoms with van der Waals surface area (Å²) in [4.78, 5) is 2.70. The lowest BCUT2D eigenvalue weighted by Gasteiger charge is -2.41. The highest BCUT2D eigenvalue weighted by Gasteiger charge is 2.35. The van der Waals surface area contributed by atoms with Gasteiger partial charge in [-0.25, -0.2) is 0 Å². The molecule has 4 nitrogen and oxygen atoms in total. The number of nitrogens with one attached hydrogen (secondary N) is 1. The number of ether oxygens (including phenoxy) is 1. The van der Waals surface area contributed by atoms with Crippen LogP contribution < -0.4 is 5.32 Å². The van der Waals surface area contributed by atoms with Crippen molar-refractivity contribution >= 4 is 0 Å². The molecular weight excluding hydrogens is 348 g/mol. The van der Waals surface area contributed by atoms with Gasteiger partial charge in [0.25, 0.3) is 0 Å². The number of hydrogen-bond donors (Lipinski definition) is 2. The van der Waals surface area contributed by atoms with Crippen molar-refractivity contribution in [3.8, 4) is 5.75 Å². The third kappa shape index (κ3) is 4.39. The fourth-order valence-electron chi connectivity index (χ4n) is 5.68. The van der Waals surface area contributed by atoms with Crippen LogP contribution in [0.5, 0.6) is 5.75 Å². The molecule has 1 aromatic rings. The molecule has 1 saturated heterocycles. The van der Waals surface area contributed by atoms with E-state index < -0.39 is 0 Å².